The van der Waals surface area contributed by atoms with Crippen molar-refractivity contribution in [1.29, 1.82) is 0 Å². The van der Waals surface area contributed by atoms with Crippen LogP contribution in [0.4, 0.5) is 26.3 Å². The largest absolute Gasteiger partial charge is 0.445 e. The van der Waals surface area contributed by atoms with E-state index in [4.69, 9.17) is 18.3 Å². The van der Waals surface area contributed by atoms with Gasteiger partial charge in [0.2, 0.25) is 11.8 Å². The number of hydrogen-bond acceptors (Lipinski definition) is 6. The molecule has 2 aromatic carbocycles. The van der Waals surface area contributed by atoms with Crippen LogP contribution in [0.3, 0.4) is 0 Å². The maximum atomic E-state index is 12.6. The third-order valence-electron chi connectivity index (χ3n) is 5.53. The lowest BCUT2D eigenvalue weighted by Crippen LogP contribution is -2.03. The fourth-order valence-corrected chi connectivity index (χ4v) is 3.45. The zero-order chi connectivity index (χ0) is 29.3. The van der Waals surface area contributed by atoms with Crippen LogP contribution in [0.25, 0.3) is 24.3 Å². The molecule has 0 saturated carbocycles. The summed E-state index contributed by atoms with van der Waals surface area (Å²) in [6.07, 6.45) is 1.04. The van der Waals surface area contributed by atoms with E-state index in [0.29, 0.717) is 53.9 Å². The van der Waals surface area contributed by atoms with E-state index in [9.17, 15) is 26.3 Å². The smallest absolute Gasteiger partial charge is 0.416 e. The van der Waals surface area contributed by atoms with Gasteiger partial charge in [0.1, 0.15) is 23.9 Å². The Morgan fingerprint density at radius 3 is 1.34 bits per heavy atom. The lowest BCUT2D eigenvalue weighted by molar-refractivity contribution is -0.138. The summed E-state index contributed by atoms with van der Waals surface area (Å²) in [4.78, 5) is 8.49. The van der Waals surface area contributed by atoms with Crippen molar-refractivity contribution in [2.45, 2.75) is 32.0 Å². The number of hydrogen-bond donors (Lipinski definition) is 0. The van der Waals surface area contributed by atoms with E-state index in [1.165, 1.54) is 36.8 Å². The molecule has 0 aliphatic carbocycles. The highest BCUT2D eigenvalue weighted by Gasteiger charge is 2.30. The van der Waals surface area contributed by atoms with Gasteiger partial charge in [-0.2, -0.15) is 26.3 Å². The monoisotopic (exact) mass is 578 g/mol. The van der Waals surface area contributed by atoms with Crippen molar-refractivity contribution >= 4 is 24.3 Å². The predicted molar refractivity (Wildman–Crippen MR) is 138 cm³/mol. The second-order valence-corrected chi connectivity index (χ2v) is 8.72. The van der Waals surface area contributed by atoms with Gasteiger partial charge in [0.05, 0.1) is 24.3 Å². The average molecular weight is 579 g/mol. The van der Waals surface area contributed by atoms with Gasteiger partial charge < -0.3 is 18.3 Å². The molecule has 0 bridgehead atoms. The Bertz CT molecular complexity index is 1330. The summed E-state index contributed by atoms with van der Waals surface area (Å²) in [7, 11) is 0. The predicted octanol–water partition coefficient (Wildman–Crippen LogP) is 8.16. The number of nitrogens with zero attached hydrogens (tertiary/aromatic N) is 2. The summed E-state index contributed by atoms with van der Waals surface area (Å²) >= 11 is 0. The molecule has 6 nitrogen and oxygen atoms in total. The molecule has 4 rings (SSSR count). The van der Waals surface area contributed by atoms with Gasteiger partial charge in [0.15, 0.2) is 0 Å². The Labute approximate surface area is 230 Å². The molecule has 4 aromatic rings. The van der Waals surface area contributed by atoms with Crippen LogP contribution in [0.15, 0.2) is 69.9 Å². The summed E-state index contributed by atoms with van der Waals surface area (Å²) in [5, 5.41) is 0. The van der Waals surface area contributed by atoms with Gasteiger partial charge >= 0.3 is 12.4 Å². The highest BCUT2D eigenvalue weighted by molar-refractivity contribution is 5.66. The number of benzene rings is 2. The third-order valence-corrected chi connectivity index (χ3v) is 5.53. The van der Waals surface area contributed by atoms with E-state index >= 15 is 0 Å². The van der Waals surface area contributed by atoms with E-state index in [1.807, 2.05) is 0 Å². The molecular formula is C29H24F6N2O4. The molecule has 0 N–H and O–H groups in total. The molecular weight excluding hydrogens is 554 g/mol. The van der Waals surface area contributed by atoms with Gasteiger partial charge in [0, 0.05) is 25.4 Å². The van der Waals surface area contributed by atoms with Gasteiger partial charge in [-0.15, -0.1) is 0 Å². The topological polar surface area (TPSA) is 70.5 Å². The van der Waals surface area contributed by atoms with Crippen LogP contribution in [-0.2, 0) is 35.0 Å². The summed E-state index contributed by atoms with van der Waals surface area (Å²) in [5.41, 5.74) is 0.853. The van der Waals surface area contributed by atoms with Crippen LogP contribution in [0.1, 0.15) is 51.8 Å². The molecule has 0 unspecified atom stereocenters. The third kappa shape index (κ3) is 9.47. The summed E-state index contributed by atoms with van der Waals surface area (Å²) < 4.78 is 97.6. The maximum Gasteiger partial charge on any atom is 0.416 e. The Morgan fingerprint density at radius 2 is 0.976 bits per heavy atom. The number of ether oxygens (including phenoxy) is 2. The lowest BCUT2D eigenvalue weighted by Gasteiger charge is -2.05. The van der Waals surface area contributed by atoms with Crippen LogP contribution in [0.2, 0.25) is 0 Å². The molecule has 2 aromatic heterocycles. The van der Waals surface area contributed by atoms with Crippen molar-refractivity contribution in [1.82, 2.24) is 9.97 Å². The zero-order valence-electron chi connectivity index (χ0n) is 21.4. The molecule has 2 heterocycles. The van der Waals surface area contributed by atoms with Crippen LogP contribution in [-0.4, -0.2) is 23.2 Å². The molecule has 0 aliphatic heterocycles. The van der Waals surface area contributed by atoms with Gasteiger partial charge in [-0.3, -0.25) is 0 Å². The van der Waals surface area contributed by atoms with E-state index < -0.39 is 23.5 Å². The molecule has 0 atom stereocenters. The van der Waals surface area contributed by atoms with E-state index in [-0.39, 0.29) is 13.2 Å². The minimum atomic E-state index is -4.38. The normalized spacial score (nSPS) is 12.6. The van der Waals surface area contributed by atoms with Gasteiger partial charge in [-0.05, 0) is 54.0 Å². The van der Waals surface area contributed by atoms with Crippen LogP contribution < -0.4 is 0 Å². The van der Waals surface area contributed by atoms with Crippen molar-refractivity contribution in [3.63, 3.8) is 0 Å². The first-order chi connectivity index (χ1) is 19.6. The number of halogens is 6. The maximum absolute atomic E-state index is 12.6. The lowest BCUT2D eigenvalue weighted by atomic mass is 10.1. The Hall–Kier alpha value is -4.16. The van der Waals surface area contributed by atoms with E-state index in [0.717, 1.165) is 24.3 Å². The second-order valence-electron chi connectivity index (χ2n) is 8.72. The highest BCUT2D eigenvalue weighted by Crippen LogP contribution is 2.30. The van der Waals surface area contributed by atoms with Crippen molar-refractivity contribution in [2.75, 3.05) is 13.2 Å². The quantitative estimate of drug-likeness (QED) is 0.125. The minimum absolute atomic E-state index is 0.218. The Kier molecular flexibility index (Phi) is 9.79. The first kappa shape index (κ1) is 29.8. The molecule has 216 valence electrons. The highest BCUT2D eigenvalue weighted by atomic mass is 19.4. The van der Waals surface area contributed by atoms with Crippen LogP contribution in [0, 0.1) is 0 Å². The summed E-state index contributed by atoms with van der Waals surface area (Å²) in [5.74, 6) is 0.598. The van der Waals surface area contributed by atoms with Crippen molar-refractivity contribution in [2.24, 2.45) is 0 Å². The molecule has 0 saturated heterocycles. The number of alkyl halides is 6. The number of aromatic nitrogens is 2. The fourth-order valence-electron chi connectivity index (χ4n) is 3.45. The number of oxazole rings is 2. The average Bonchev–Trinajstić information content (AvgIpc) is 3.59. The molecule has 0 radical (unpaired) electrons. The van der Waals surface area contributed by atoms with Crippen molar-refractivity contribution in [3.8, 4) is 0 Å². The van der Waals surface area contributed by atoms with Crippen LogP contribution in [0.5, 0.6) is 0 Å². The van der Waals surface area contributed by atoms with Crippen LogP contribution >= 0.6 is 0 Å². The van der Waals surface area contributed by atoms with Crippen molar-refractivity contribution in [3.05, 3.63) is 106 Å². The molecule has 0 amide bonds. The second kappa shape index (κ2) is 13.5. The minimum Gasteiger partial charge on any atom is -0.445 e. The van der Waals surface area contributed by atoms with Gasteiger partial charge in [-0.1, -0.05) is 24.3 Å². The van der Waals surface area contributed by atoms with Crippen molar-refractivity contribution < 1.29 is 44.7 Å². The zero-order valence-corrected chi connectivity index (χ0v) is 21.4. The van der Waals surface area contributed by atoms with E-state index in [1.54, 1.807) is 24.3 Å². The fraction of sp³-hybridized carbons (Fsp3) is 0.241. The van der Waals surface area contributed by atoms with E-state index in [2.05, 4.69) is 9.97 Å². The molecule has 41 heavy (non-hydrogen) atoms. The van der Waals surface area contributed by atoms with Gasteiger partial charge in [-0.25, -0.2) is 9.97 Å². The Balaban J connectivity index is 1.10. The molecule has 0 spiro atoms. The Morgan fingerprint density at radius 1 is 0.585 bits per heavy atom. The standard InChI is InChI=1S/C29H24F6N2O4/c30-28(31,32)22-8-2-20(3-9-22)6-12-26-36-24(18-40-26)16-38-14-1-15-39-17-25-19-41-27(37-25)13-7-21-4-10-23(11-5-21)29(33,34)35/h2-13,18-19H,1,14-17H2/b12-6+,13-7+. The first-order valence-corrected chi connectivity index (χ1v) is 12.3. The molecule has 12 heteroatoms. The molecule has 0 fully saturated rings. The summed E-state index contributed by atoms with van der Waals surface area (Å²) in [6, 6.07) is 9.48. The number of rotatable bonds is 12. The molecule has 0 aliphatic rings. The van der Waals surface area contributed by atoms with Gasteiger partial charge in [0.25, 0.3) is 0 Å². The SMILES string of the molecule is FC(F)(F)c1ccc(/C=C/c2nc(COCCCOCc3coc(/C=C/c4ccc(C(F)(F)F)cc4)n3)co2)cc1. The summed E-state index contributed by atoms with van der Waals surface area (Å²) in [6.45, 7) is 1.25. The first-order valence-electron chi connectivity index (χ1n) is 12.3.